The summed E-state index contributed by atoms with van der Waals surface area (Å²) in [4.78, 5) is 3.96. The maximum absolute atomic E-state index is 9.36. The highest BCUT2D eigenvalue weighted by Crippen LogP contribution is 2.17. The number of pyridine rings is 1. The maximum atomic E-state index is 9.36. The van der Waals surface area contributed by atoms with Crippen LogP contribution in [0.5, 0.6) is 0 Å². The van der Waals surface area contributed by atoms with Crippen LogP contribution in [0.1, 0.15) is 11.6 Å². The Bertz CT molecular complexity index is 416. The van der Waals surface area contributed by atoms with E-state index in [1.165, 1.54) is 0 Å². The van der Waals surface area contributed by atoms with Gasteiger partial charge >= 0.3 is 0 Å². The quantitative estimate of drug-likeness (QED) is 0.820. The summed E-state index contributed by atoms with van der Waals surface area (Å²) in [6, 6.07) is 13.5. The molecule has 0 radical (unpaired) electrons. The van der Waals surface area contributed by atoms with Crippen LogP contribution in [0.3, 0.4) is 0 Å². The third-order valence-corrected chi connectivity index (χ3v) is 2.41. The van der Waals surface area contributed by atoms with E-state index >= 15 is 0 Å². The summed E-state index contributed by atoms with van der Waals surface area (Å²) in [5, 5.41) is 12.6. The van der Waals surface area contributed by atoms with Crippen LogP contribution >= 0.6 is 0 Å². The van der Waals surface area contributed by atoms with Crippen LogP contribution in [0.25, 0.3) is 0 Å². The molecule has 2 N–H and O–H groups in total. The predicted molar refractivity (Wildman–Crippen MR) is 64.1 cm³/mol. The zero-order valence-electron chi connectivity index (χ0n) is 8.88. The first-order chi connectivity index (χ1) is 7.90. The molecule has 1 heterocycles. The lowest BCUT2D eigenvalue weighted by atomic mass is 10.1. The van der Waals surface area contributed by atoms with E-state index in [1.807, 2.05) is 42.5 Å². The van der Waals surface area contributed by atoms with Crippen molar-refractivity contribution in [3.8, 4) is 0 Å². The summed E-state index contributed by atoms with van der Waals surface area (Å²) in [7, 11) is 0. The zero-order chi connectivity index (χ0) is 11.2. The van der Waals surface area contributed by atoms with Gasteiger partial charge < -0.3 is 10.4 Å². The number of aromatic nitrogens is 1. The topological polar surface area (TPSA) is 45.1 Å². The molecule has 16 heavy (non-hydrogen) atoms. The molecule has 1 atom stereocenters. The summed E-state index contributed by atoms with van der Waals surface area (Å²) in [6.07, 6.45) is 3.45. The molecule has 0 aliphatic rings. The van der Waals surface area contributed by atoms with Gasteiger partial charge in [0.05, 0.1) is 12.6 Å². The van der Waals surface area contributed by atoms with Crippen LogP contribution in [0.2, 0.25) is 0 Å². The number of aliphatic hydroxyl groups excluding tert-OH is 1. The van der Waals surface area contributed by atoms with Crippen molar-refractivity contribution in [1.29, 1.82) is 0 Å². The van der Waals surface area contributed by atoms with E-state index < -0.39 is 0 Å². The predicted octanol–water partition coefficient (Wildman–Crippen LogP) is 2.23. The van der Waals surface area contributed by atoms with E-state index in [4.69, 9.17) is 0 Å². The van der Waals surface area contributed by atoms with E-state index in [2.05, 4.69) is 10.3 Å². The molecule has 1 unspecified atom stereocenters. The van der Waals surface area contributed by atoms with Gasteiger partial charge in [-0.15, -0.1) is 0 Å². The molecule has 0 fully saturated rings. The second-order valence-electron chi connectivity index (χ2n) is 3.53. The van der Waals surface area contributed by atoms with Gasteiger partial charge in [-0.25, -0.2) is 0 Å². The molecule has 2 rings (SSSR count). The van der Waals surface area contributed by atoms with E-state index in [9.17, 15) is 5.11 Å². The standard InChI is InChI=1S/C13H14N2O/c16-10-13(11-6-8-14-9-7-11)15-12-4-2-1-3-5-12/h1-9,13,15-16H,10H2. The number of anilines is 1. The minimum absolute atomic E-state index is 0.0545. The van der Waals surface area contributed by atoms with Crippen LogP contribution < -0.4 is 5.32 Å². The van der Waals surface area contributed by atoms with Crippen molar-refractivity contribution >= 4 is 5.69 Å². The van der Waals surface area contributed by atoms with Crippen molar-refractivity contribution < 1.29 is 5.11 Å². The highest BCUT2D eigenvalue weighted by Gasteiger charge is 2.08. The van der Waals surface area contributed by atoms with Gasteiger partial charge in [0, 0.05) is 18.1 Å². The first kappa shape index (κ1) is 10.6. The highest BCUT2D eigenvalue weighted by molar-refractivity contribution is 5.45. The van der Waals surface area contributed by atoms with Gasteiger partial charge in [-0.2, -0.15) is 0 Å². The van der Waals surface area contributed by atoms with E-state index in [0.717, 1.165) is 11.3 Å². The van der Waals surface area contributed by atoms with Crippen LogP contribution in [0.15, 0.2) is 54.9 Å². The van der Waals surface area contributed by atoms with Crippen molar-refractivity contribution in [3.05, 3.63) is 60.4 Å². The van der Waals surface area contributed by atoms with Gasteiger partial charge in [-0.3, -0.25) is 4.98 Å². The fourth-order valence-electron chi connectivity index (χ4n) is 1.57. The molecule has 0 aliphatic carbocycles. The van der Waals surface area contributed by atoms with E-state index in [1.54, 1.807) is 12.4 Å². The molecular formula is C13H14N2O. The number of hydrogen-bond acceptors (Lipinski definition) is 3. The van der Waals surface area contributed by atoms with Crippen LogP contribution in [-0.4, -0.2) is 16.7 Å². The molecule has 82 valence electrons. The van der Waals surface area contributed by atoms with Gasteiger partial charge in [0.15, 0.2) is 0 Å². The molecule has 2 aromatic rings. The Hall–Kier alpha value is -1.87. The molecule has 0 spiro atoms. The van der Waals surface area contributed by atoms with Crippen molar-refractivity contribution in [2.45, 2.75) is 6.04 Å². The first-order valence-electron chi connectivity index (χ1n) is 5.22. The van der Waals surface area contributed by atoms with Gasteiger partial charge in [-0.05, 0) is 29.8 Å². The van der Waals surface area contributed by atoms with E-state index in [0.29, 0.717) is 0 Å². The van der Waals surface area contributed by atoms with Crippen molar-refractivity contribution in [1.82, 2.24) is 4.98 Å². The molecule has 1 aromatic heterocycles. The normalized spacial score (nSPS) is 12.1. The SMILES string of the molecule is OCC(Nc1ccccc1)c1ccncc1. The zero-order valence-corrected chi connectivity index (χ0v) is 8.88. The Morgan fingerprint density at radius 2 is 1.75 bits per heavy atom. The Kier molecular flexibility index (Phi) is 3.51. The number of nitrogens with one attached hydrogen (secondary N) is 1. The second-order valence-corrected chi connectivity index (χ2v) is 3.53. The van der Waals surface area contributed by atoms with Crippen LogP contribution in [0, 0.1) is 0 Å². The second kappa shape index (κ2) is 5.28. The van der Waals surface area contributed by atoms with Gasteiger partial charge in [0.2, 0.25) is 0 Å². The molecule has 0 saturated carbocycles. The minimum atomic E-state index is -0.0922. The Balaban J connectivity index is 2.13. The van der Waals surface area contributed by atoms with E-state index in [-0.39, 0.29) is 12.6 Å². The molecule has 1 aromatic carbocycles. The number of rotatable bonds is 4. The third kappa shape index (κ3) is 2.58. The lowest BCUT2D eigenvalue weighted by Crippen LogP contribution is -2.14. The highest BCUT2D eigenvalue weighted by atomic mass is 16.3. The van der Waals surface area contributed by atoms with Gasteiger partial charge in [0.25, 0.3) is 0 Å². The fourth-order valence-corrected chi connectivity index (χ4v) is 1.57. The molecule has 0 bridgehead atoms. The molecule has 3 heteroatoms. The average molecular weight is 214 g/mol. The summed E-state index contributed by atoms with van der Waals surface area (Å²) >= 11 is 0. The van der Waals surface area contributed by atoms with Crippen molar-refractivity contribution in [2.24, 2.45) is 0 Å². The molecule has 0 saturated heterocycles. The molecule has 3 nitrogen and oxygen atoms in total. The molecular weight excluding hydrogens is 200 g/mol. The largest absolute Gasteiger partial charge is 0.394 e. The minimum Gasteiger partial charge on any atom is -0.394 e. The van der Waals surface area contributed by atoms with Gasteiger partial charge in [-0.1, -0.05) is 18.2 Å². The monoisotopic (exact) mass is 214 g/mol. The summed E-state index contributed by atoms with van der Waals surface area (Å²) < 4.78 is 0. The van der Waals surface area contributed by atoms with Crippen molar-refractivity contribution in [3.63, 3.8) is 0 Å². The maximum Gasteiger partial charge on any atom is 0.0746 e. The van der Waals surface area contributed by atoms with Crippen LogP contribution in [-0.2, 0) is 0 Å². The van der Waals surface area contributed by atoms with Crippen molar-refractivity contribution in [2.75, 3.05) is 11.9 Å². The summed E-state index contributed by atoms with van der Waals surface area (Å²) in [5.41, 5.74) is 2.03. The fraction of sp³-hybridized carbons (Fsp3) is 0.154. The lowest BCUT2D eigenvalue weighted by molar-refractivity contribution is 0.276. The third-order valence-electron chi connectivity index (χ3n) is 2.41. The van der Waals surface area contributed by atoms with Gasteiger partial charge in [0.1, 0.15) is 0 Å². The Morgan fingerprint density at radius 3 is 2.38 bits per heavy atom. The Morgan fingerprint density at radius 1 is 1.06 bits per heavy atom. The number of benzene rings is 1. The number of aliphatic hydroxyl groups is 1. The Labute approximate surface area is 94.8 Å². The average Bonchev–Trinajstić information content (AvgIpc) is 2.38. The van der Waals surface area contributed by atoms with Crippen LogP contribution in [0.4, 0.5) is 5.69 Å². The number of nitrogens with zero attached hydrogens (tertiary/aromatic N) is 1. The summed E-state index contributed by atoms with van der Waals surface area (Å²) in [6.45, 7) is 0.0545. The number of hydrogen-bond donors (Lipinski definition) is 2. The summed E-state index contributed by atoms with van der Waals surface area (Å²) in [5.74, 6) is 0. The lowest BCUT2D eigenvalue weighted by Gasteiger charge is -2.17. The molecule has 0 aliphatic heterocycles. The molecule has 0 amide bonds. The smallest absolute Gasteiger partial charge is 0.0746 e. The number of para-hydroxylation sites is 1. The first-order valence-corrected chi connectivity index (χ1v) is 5.22.